The number of aromatic nitrogens is 1. The minimum atomic E-state index is -3.61. The van der Waals surface area contributed by atoms with Gasteiger partial charge in [0.15, 0.2) is 0 Å². The molecule has 0 unspecified atom stereocenters. The van der Waals surface area contributed by atoms with E-state index in [1.54, 1.807) is 23.5 Å². The maximum absolute atomic E-state index is 13.6. The number of aryl methyl sites for hydroxylation is 2. The van der Waals surface area contributed by atoms with Crippen LogP contribution in [-0.2, 0) is 10.0 Å². The lowest BCUT2D eigenvalue weighted by atomic mass is 10.00. The van der Waals surface area contributed by atoms with Crippen LogP contribution in [0.4, 0.5) is 4.39 Å². The van der Waals surface area contributed by atoms with Crippen molar-refractivity contribution < 1.29 is 12.8 Å². The van der Waals surface area contributed by atoms with Gasteiger partial charge in [0.2, 0.25) is 10.0 Å². The van der Waals surface area contributed by atoms with E-state index in [1.165, 1.54) is 6.07 Å². The number of halogens is 1. The third kappa shape index (κ3) is 4.05. The van der Waals surface area contributed by atoms with Crippen molar-refractivity contribution in [3.63, 3.8) is 0 Å². The van der Waals surface area contributed by atoms with Gasteiger partial charge in [0, 0.05) is 44.0 Å². The van der Waals surface area contributed by atoms with E-state index in [9.17, 15) is 12.8 Å². The smallest absolute Gasteiger partial charge is 0.243 e. The number of piperazine rings is 1. The Morgan fingerprint density at radius 1 is 1.00 bits per heavy atom. The molecule has 1 saturated heterocycles. The van der Waals surface area contributed by atoms with Crippen molar-refractivity contribution in [1.29, 1.82) is 0 Å². The van der Waals surface area contributed by atoms with E-state index in [0.29, 0.717) is 35.8 Å². The highest BCUT2D eigenvalue weighted by molar-refractivity contribution is 7.89. The van der Waals surface area contributed by atoms with Gasteiger partial charge in [-0.05, 0) is 56.5 Å². The molecule has 2 aromatic rings. The summed E-state index contributed by atoms with van der Waals surface area (Å²) in [6.45, 7) is 10.3. The van der Waals surface area contributed by atoms with Gasteiger partial charge in [0.1, 0.15) is 5.82 Å². The normalized spacial score (nSPS) is 16.8. The first-order valence-corrected chi connectivity index (χ1v) is 10.6. The summed E-state index contributed by atoms with van der Waals surface area (Å²) in [5.74, 6) is -0.443. The third-order valence-electron chi connectivity index (χ3n) is 5.16. The van der Waals surface area contributed by atoms with Crippen molar-refractivity contribution in [3.8, 4) is 11.1 Å². The molecule has 0 aliphatic carbocycles. The molecular weight excluding hydrogens is 365 g/mol. The average Bonchev–Trinajstić information content (AvgIpc) is 2.61. The second-order valence-corrected chi connectivity index (χ2v) is 9.26. The molecule has 0 spiro atoms. The fourth-order valence-electron chi connectivity index (χ4n) is 3.58. The van der Waals surface area contributed by atoms with Crippen LogP contribution < -0.4 is 0 Å². The molecule has 2 heterocycles. The van der Waals surface area contributed by atoms with E-state index in [0.717, 1.165) is 24.8 Å². The molecule has 1 aromatic heterocycles. The Labute approximate surface area is 160 Å². The number of hydrogen-bond donors (Lipinski definition) is 0. The number of benzene rings is 1. The Morgan fingerprint density at radius 2 is 1.67 bits per heavy atom. The molecular formula is C20H26FN3O2S. The van der Waals surface area contributed by atoms with Crippen LogP contribution in [0.25, 0.3) is 11.1 Å². The average molecular weight is 392 g/mol. The molecule has 1 aromatic carbocycles. The van der Waals surface area contributed by atoms with Gasteiger partial charge in [-0.1, -0.05) is 6.07 Å². The standard InChI is InChI=1S/C20H26FN3O2S/c1-14(2)23-5-7-24(8-6-23)27(25,26)20-11-19(15(3)9-16(20)4)17-10-18(21)13-22-12-17/h9-14H,5-8H2,1-4H3. The van der Waals surface area contributed by atoms with Crippen LogP contribution in [-0.4, -0.2) is 54.8 Å². The summed E-state index contributed by atoms with van der Waals surface area (Å²) in [6.07, 6.45) is 2.69. The molecule has 0 bridgehead atoms. The van der Waals surface area contributed by atoms with Crippen LogP contribution in [0.3, 0.4) is 0 Å². The molecule has 1 aliphatic heterocycles. The Morgan fingerprint density at radius 3 is 2.26 bits per heavy atom. The number of hydrogen-bond acceptors (Lipinski definition) is 4. The highest BCUT2D eigenvalue weighted by Gasteiger charge is 2.30. The number of rotatable bonds is 4. The van der Waals surface area contributed by atoms with Crippen molar-refractivity contribution in [2.45, 2.75) is 38.6 Å². The molecule has 1 aliphatic rings. The molecule has 0 amide bonds. The first-order chi connectivity index (χ1) is 12.7. The first kappa shape index (κ1) is 19.9. The molecule has 0 saturated carbocycles. The monoisotopic (exact) mass is 391 g/mol. The van der Waals surface area contributed by atoms with E-state index in [4.69, 9.17) is 0 Å². The van der Waals surface area contributed by atoms with Crippen LogP contribution in [0.5, 0.6) is 0 Å². The molecule has 5 nitrogen and oxygen atoms in total. The largest absolute Gasteiger partial charge is 0.298 e. The zero-order chi connectivity index (χ0) is 19.8. The van der Waals surface area contributed by atoms with Gasteiger partial charge in [-0.25, -0.2) is 12.8 Å². The van der Waals surface area contributed by atoms with Crippen molar-refractivity contribution in [2.75, 3.05) is 26.2 Å². The topological polar surface area (TPSA) is 53.5 Å². The van der Waals surface area contributed by atoms with Gasteiger partial charge in [-0.15, -0.1) is 0 Å². The van der Waals surface area contributed by atoms with Gasteiger partial charge in [0.05, 0.1) is 11.1 Å². The SMILES string of the molecule is Cc1cc(C)c(S(=O)(=O)N2CCN(C(C)C)CC2)cc1-c1cncc(F)c1. The Bertz CT molecular complexity index is 936. The zero-order valence-electron chi connectivity index (χ0n) is 16.2. The summed E-state index contributed by atoms with van der Waals surface area (Å²) in [7, 11) is -3.61. The predicted molar refractivity (Wildman–Crippen MR) is 105 cm³/mol. The third-order valence-corrected chi connectivity index (χ3v) is 7.20. The predicted octanol–water partition coefficient (Wildman–Crippen LogP) is 3.22. The van der Waals surface area contributed by atoms with Crippen molar-refractivity contribution in [3.05, 3.63) is 47.5 Å². The Kier molecular flexibility index (Phi) is 5.65. The molecule has 27 heavy (non-hydrogen) atoms. The summed E-state index contributed by atoms with van der Waals surface area (Å²) >= 11 is 0. The maximum Gasteiger partial charge on any atom is 0.243 e. The summed E-state index contributed by atoms with van der Waals surface area (Å²) in [4.78, 5) is 6.45. The van der Waals surface area contributed by atoms with Gasteiger partial charge in [-0.3, -0.25) is 9.88 Å². The van der Waals surface area contributed by atoms with E-state index in [1.807, 2.05) is 13.0 Å². The summed E-state index contributed by atoms with van der Waals surface area (Å²) in [5.41, 5.74) is 2.86. The van der Waals surface area contributed by atoms with Crippen molar-refractivity contribution in [2.24, 2.45) is 0 Å². The lowest BCUT2D eigenvalue weighted by Gasteiger charge is -2.36. The summed E-state index contributed by atoms with van der Waals surface area (Å²) in [6, 6.07) is 5.29. The zero-order valence-corrected chi connectivity index (χ0v) is 17.1. The molecule has 1 fully saturated rings. The molecule has 0 N–H and O–H groups in total. The maximum atomic E-state index is 13.6. The molecule has 0 radical (unpaired) electrons. The van der Waals surface area contributed by atoms with Crippen LogP contribution in [0, 0.1) is 19.7 Å². The summed E-state index contributed by atoms with van der Waals surface area (Å²) in [5, 5.41) is 0. The fraction of sp³-hybridized carbons (Fsp3) is 0.450. The van der Waals surface area contributed by atoms with Crippen LogP contribution in [0.15, 0.2) is 35.5 Å². The second kappa shape index (κ2) is 7.66. The van der Waals surface area contributed by atoms with E-state index >= 15 is 0 Å². The molecule has 7 heteroatoms. The Balaban J connectivity index is 1.97. The van der Waals surface area contributed by atoms with Crippen LogP contribution in [0.2, 0.25) is 0 Å². The van der Waals surface area contributed by atoms with Gasteiger partial charge in [0.25, 0.3) is 0 Å². The minimum absolute atomic E-state index is 0.283. The minimum Gasteiger partial charge on any atom is -0.298 e. The van der Waals surface area contributed by atoms with Gasteiger partial charge >= 0.3 is 0 Å². The lowest BCUT2D eigenvalue weighted by molar-refractivity contribution is 0.154. The van der Waals surface area contributed by atoms with E-state index < -0.39 is 15.8 Å². The second-order valence-electron chi connectivity index (χ2n) is 7.36. The molecule has 0 atom stereocenters. The quantitative estimate of drug-likeness (QED) is 0.803. The van der Waals surface area contributed by atoms with Crippen LogP contribution >= 0.6 is 0 Å². The van der Waals surface area contributed by atoms with E-state index in [2.05, 4.69) is 23.7 Å². The van der Waals surface area contributed by atoms with Gasteiger partial charge < -0.3 is 0 Å². The first-order valence-electron chi connectivity index (χ1n) is 9.16. The number of sulfonamides is 1. The lowest BCUT2D eigenvalue weighted by Crippen LogP contribution is -2.50. The number of nitrogens with zero attached hydrogens (tertiary/aromatic N) is 3. The van der Waals surface area contributed by atoms with Crippen molar-refractivity contribution in [1.82, 2.24) is 14.2 Å². The van der Waals surface area contributed by atoms with Crippen molar-refractivity contribution >= 4 is 10.0 Å². The molecule has 146 valence electrons. The fourth-order valence-corrected chi connectivity index (χ4v) is 5.23. The highest BCUT2D eigenvalue weighted by atomic mass is 32.2. The Hall–Kier alpha value is -1.83. The van der Waals surface area contributed by atoms with Gasteiger partial charge in [-0.2, -0.15) is 4.31 Å². The molecule has 3 rings (SSSR count). The van der Waals surface area contributed by atoms with E-state index in [-0.39, 0.29) is 4.90 Å². The van der Waals surface area contributed by atoms with Crippen LogP contribution in [0.1, 0.15) is 25.0 Å². The summed E-state index contributed by atoms with van der Waals surface area (Å²) < 4.78 is 41.7. The highest BCUT2D eigenvalue weighted by Crippen LogP contribution is 2.30. The number of pyridine rings is 1.